The number of hydrogen-bond acceptors (Lipinski definition) is 3. The van der Waals surface area contributed by atoms with Gasteiger partial charge in [-0.05, 0) is 51.1 Å². The average Bonchev–Trinajstić information content (AvgIpc) is 2.86. The van der Waals surface area contributed by atoms with E-state index in [0.717, 1.165) is 32.4 Å². The van der Waals surface area contributed by atoms with E-state index in [1.807, 2.05) is 13.3 Å². The lowest BCUT2D eigenvalue weighted by Crippen LogP contribution is -2.43. The lowest BCUT2D eigenvalue weighted by Gasteiger charge is -2.43. The molecule has 0 bridgehead atoms. The Balaban J connectivity index is 2.11. The standard InChI is InChI=1S/C16H29N3O/c1-4-10-17-14(13-16(20-3)8-6-9-16)15-7-11-18-19(15)12-5-2/h7,11,14,17H,4-6,8-10,12-13H2,1-3H3. The first-order valence-corrected chi connectivity index (χ1v) is 8.05. The van der Waals surface area contributed by atoms with Crippen LogP contribution in [0.15, 0.2) is 12.3 Å². The van der Waals surface area contributed by atoms with Crippen LogP contribution in [0.1, 0.15) is 64.1 Å². The third kappa shape index (κ3) is 3.41. The van der Waals surface area contributed by atoms with Gasteiger partial charge in [0.15, 0.2) is 0 Å². The summed E-state index contributed by atoms with van der Waals surface area (Å²) in [5.41, 5.74) is 1.40. The van der Waals surface area contributed by atoms with E-state index in [9.17, 15) is 0 Å². The van der Waals surface area contributed by atoms with Crippen molar-refractivity contribution in [1.29, 1.82) is 0 Å². The first-order valence-electron chi connectivity index (χ1n) is 8.05. The first kappa shape index (κ1) is 15.5. The van der Waals surface area contributed by atoms with Crippen LogP contribution in [0.2, 0.25) is 0 Å². The van der Waals surface area contributed by atoms with Gasteiger partial charge < -0.3 is 10.1 Å². The third-order valence-corrected chi connectivity index (χ3v) is 4.46. The van der Waals surface area contributed by atoms with Gasteiger partial charge in [-0.3, -0.25) is 4.68 Å². The number of nitrogens with one attached hydrogen (secondary N) is 1. The lowest BCUT2D eigenvalue weighted by atomic mass is 9.75. The van der Waals surface area contributed by atoms with Gasteiger partial charge in [0, 0.05) is 19.9 Å². The number of ether oxygens (including phenoxy) is 1. The van der Waals surface area contributed by atoms with E-state index >= 15 is 0 Å². The van der Waals surface area contributed by atoms with Crippen molar-refractivity contribution in [3.63, 3.8) is 0 Å². The zero-order chi connectivity index (χ0) is 14.4. The minimum Gasteiger partial charge on any atom is -0.378 e. The van der Waals surface area contributed by atoms with Gasteiger partial charge in [-0.1, -0.05) is 13.8 Å². The van der Waals surface area contributed by atoms with Gasteiger partial charge in [0.05, 0.1) is 17.3 Å². The summed E-state index contributed by atoms with van der Waals surface area (Å²) in [5.74, 6) is 0. The molecule has 0 spiro atoms. The molecule has 1 N–H and O–H groups in total. The monoisotopic (exact) mass is 279 g/mol. The number of aromatic nitrogens is 2. The summed E-state index contributed by atoms with van der Waals surface area (Å²) in [5, 5.41) is 8.16. The minimum absolute atomic E-state index is 0.0900. The second-order valence-corrected chi connectivity index (χ2v) is 5.93. The minimum atomic E-state index is 0.0900. The van der Waals surface area contributed by atoms with E-state index in [0.29, 0.717) is 6.04 Å². The van der Waals surface area contributed by atoms with Gasteiger partial charge in [-0.25, -0.2) is 0 Å². The molecular formula is C16H29N3O. The van der Waals surface area contributed by atoms with Crippen LogP contribution >= 0.6 is 0 Å². The van der Waals surface area contributed by atoms with Crippen molar-refractivity contribution in [3.05, 3.63) is 18.0 Å². The fourth-order valence-electron chi connectivity index (χ4n) is 3.07. The maximum absolute atomic E-state index is 5.81. The Morgan fingerprint density at radius 2 is 2.20 bits per heavy atom. The van der Waals surface area contributed by atoms with Gasteiger partial charge in [-0.15, -0.1) is 0 Å². The summed E-state index contributed by atoms with van der Waals surface area (Å²) in [6, 6.07) is 2.51. The van der Waals surface area contributed by atoms with Crippen LogP contribution < -0.4 is 5.32 Å². The smallest absolute Gasteiger partial charge is 0.0697 e. The van der Waals surface area contributed by atoms with Crippen LogP contribution in [0.4, 0.5) is 0 Å². The summed E-state index contributed by atoms with van der Waals surface area (Å²) >= 11 is 0. The summed E-state index contributed by atoms with van der Waals surface area (Å²) < 4.78 is 7.96. The van der Waals surface area contributed by atoms with E-state index in [4.69, 9.17) is 4.74 Å². The van der Waals surface area contributed by atoms with Crippen LogP contribution in [-0.4, -0.2) is 29.0 Å². The molecule has 2 rings (SSSR count). The number of aryl methyl sites for hydroxylation is 1. The molecule has 1 saturated carbocycles. The molecule has 1 aliphatic rings. The molecule has 1 atom stereocenters. The number of nitrogens with zero attached hydrogens (tertiary/aromatic N) is 2. The summed E-state index contributed by atoms with van der Waals surface area (Å²) in [7, 11) is 1.86. The Bertz CT molecular complexity index is 393. The van der Waals surface area contributed by atoms with Crippen molar-refractivity contribution in [2.75, 3.05) is 13.7 Å². The number of hydrogen-bond donors (Lipinski definition) is 1. The van der Waals surface area contributed by atoms with E-state index in [-0.39, 0.29) is 5.60 Å². The highest BCUT2D eigenvalue weighted by atomic mass is 16.5. The van der Waals surface area contributed by atoms with Gasteiger partial charge in [0.2, 0.25) is 0 Å². The second kappa shape index (κ2) is 7.23. The zero-order valence-corrected chi connectivity index (χ0v) is 13.2. The summed E-state index contributed by atoms with van der Waals surface area (Å²) in [6.45, 7) is 6.44. The van der Waals surface area contributed by atoms with Crippen molar-refractivity contribution < 1.29 is 4.74 Å². The summed E-state index contributed by atoms with van der Waals surface area (Å²) in [6.07, 6.45) is 8.92. The van der Waals surface area contributed by atoms with Crippen molar-refractivity contribution in [1.82, 2.24) is 15.1 Å². The van der Waals surface area contributed by atoms with E-state index in [1.165, 1.54) is 25.0 Å². The van der Waals surface area contributed by atoms with Crippen LogP contribution in [-0.2, 0) is 11.3 Å². The molecule has 0 saturated heterocycles. The molecule has 1 aromatic heterocycles. The predicted octanol–water partition coefficient (Wildman–Crippen LogP) is 3.29. The van der Waals surface area contributed by atoms with Crippen molar-refractivity contribution in [2.24, 2.45) is 0 Å². The van der Waals surface area contributed by atoms with Gasteiger partial charge >= 0.3 is 0 Å². The Morgan fingerprint density at radius 1 is 1.40 bits per heavy atom. The molecule has 1 aliphatic carbocycles. The molecule has 4 heteroatoms. The topological polar surface area (TPSA) is 39.1 Å². The molecule has 1 unspecified atom stereocenters. The molecule has 0 aliphatic heterocycles. The first-order chi connectivity index (χ1) is 9.74. The Hall–Kier alpha value is -0.870. The van der Waals surface area contributed by atoms with E-state index in [2.05, 4.69) is 35.0 Å². The van der Waals surface area contributed by atoms with Crippen LogP contribution in [0, 0.1) is 0 Å². The van der Waals surface area contributed by atoms with Gasteiger partial charge in [-0.2, -0.15) is 5.10 Å². The lowest BCUT2D eigenvalue weighted by molar-refractivity contribution is -0.0842. The molecule has 1 aromatic rings. The van der Waals surface area contributed by atoms with Crippen molar-refractivity contribution >= 4 is 0 Å². The summed E-state index contributed by atoms with van der Waals surface area (Å²) in [4.78, 5) is 0. The quantitative estimate of drug-likeness (QED) is 0.754. The van der Waals surface area contributed by atoms with Gasteiger partial charge in [0.25, 0.3) is 0 Å². The molecule has 0 aromatic carbocycles. The molecule has 114 valence electrons. The molecule has 1 fully saturated rings. The molecule has 0 amide bonds. The molecule has 20 heavy (non-hydrogen) atoms. The second-order valence-electron chi connectivity index (χ2n) is 5.93. The molecule has 4 nitrogen and oxygen atoms in total. The maximum Gasteiger partial charge on any atom is 0.0697 e. The Morgan fingerprint density at radius 3 is 2.75 bits per heavy atom. The van der Waals surface area contributed by atoms with Crippen molar-refractivity contribution in [2.45, 2.75) is 70.6 Å². The molecular weight excluding hydrogens is 250 g/mol. The highest BCUT2D eigenvalue weighted by Crippen LogP contribution is 2.41. The highest BCUT2D eigenvalue weighted by molar-refractivity contribution is 5.10. The van der Waals surface area contributed by atoms with Crippen LogP contribution in [0.3, 0.4) is 0 Å². The zero-order valence-electron chi connectivity index (χ0n) is 13.2. The van der Waals surface area contributed by atoms with E-state index in [1.54, 1.807) is 0 Å². The number of methoxy groups -OCH3 is 1. The fraction of sp³-hybridized carbons (Fsp3) is 0.812. The molecule has 1 heterocycles. The normalized spacial score (nSPS) is 18.8. The number of rotatable bonds is 9. The van der Waals surface area contributed by atoms with Crippen molar-refractivity contribution in [3.8, 4) is 0 Å². The molecule has 0 radical (unpaired) electrons. The Labute approximate surface area is 122 Å². The maximum atomic E-state index is 5.81. The predicted molar refractivity (Wildman–Crippen MR) is 81.8 cm³/mol. The van der Waals surface area contributed by atoms with Gasteiger partial charge in [0.1, 0.15) is 0 Å². The average molecular weight is 279 g/mol. The highest BCUT2D eigenvalue weighted by Gasteiger charge is 2.39. The largest absolute Gasteiger partial charge is 0.378 e. The Kier molecular flexibility index (Phi) is 5.61. The third-order valence-electron chi connectivity index (χ3n) is 4.46. The SMILES string of the molecule is CCCNC(CC1(OC)CCC1)c1ccnn1CCC. The van der Waals surface area contributed by atoms with E-state index < -0.39 is 0 Å². The van der Waals surface area contributed by atoms with Crippen LogP contribution in [0.25, 0.3) is 0 Å². The van der Waals surface area contributed by atoms with Crippen LogP contribution in [0.5, 0.6) is 0 Å². The fourth-order valence-corrected chi connectivity index (χ4v) is 3.07.